The van der Waals surface area contributed by atoms with Crippen LogP contribution >= 0.6 is 23.2 Å². The number of pyridine rings is 1. The van der Waals surface area contributed by atoms with E-state index in [1.54, 1.807) is 12.3 Å². The molecule has 92 valence electrons. The van der Waals surface area contributed by atoms with Crippen molar-refractivity contribution < 1.29 is 4.74 Å². The molecule has 0 amide bonds. The Labute approximate surface area is 110 Å². The SMILES string of the molecule is Clc1cnc(OC2CC3CCC(C2)N3)c(Cl)c1. The van der Waals surface area contributed by atoms with Gasteiger partial charge in [0.25, 0.3) is 0 Å². The average molecular weight is 273 g/mol. The molecule has 3 rings (SSSR count). The van der Waals surface area contributed by atoms with Gasteiger partial charge in [0.2, 0.25) is 5.88 Å². The first-order chi connectivity index (χ1) is 8.20. The summed E-state index contributed by atoms with van der Waals surface area (Å²) in [6.07, 6.45) is 6.38. The molecule has 1 aromatic heterocycles. The fraction of sp³-hybridized carbons (Fsp3) is 0.583. The summed E-state index contributed by atoms with van der Waals surface area (Å²) < 4.78 is 5.88. The Morgan fingerprint density at radius 3 is 2.59 bits per heavy atom. The average Bonchev–Trinajstić information content (AvgIpc) is 2.62. The summed E-state index contributed by atoms with van der Waals surface area (Å²) >= 11 is 11.9. The second-order valence-electron chi connectivity index (χ2n) is 4.79. The van der Waals surface area contributed by atoms with Gasteiger partial charge in [0.05, 0.1) is 5.02 Å². The van der Waals surface area contributed by atoms with Gasteiger partial charge in [-0.1, -0.05) is 23.2 Å². The largest absolute Gasteiger partial charge is 0.473 e. The topological polar surface area (TPSA) is 34.1 Å². The van der Waals surface area contributed by atoms with Gasteiger partial charge < -0.3 is 10.1 Å². The molecule has 1 N–H and O–H groups in total. The minimum Gasteiger partial charge on any atom is -0.473 e. The van der Waals surface area contributed by atoms with Gasteiger partial charge in [0, 0.05) is 18.3 Å². The van der Waals surface area contributed by atoms with Crippen LogP contribution in [0.5, 0.6) is 5.88 Å². The highest BCUT2D eigenvalue weighted by atomic mass is 35.5. The number of nitrogens with one attached hydrogen (secondary N) is 1. The van der Waals surface area contributed by atoms with Crippen molar-refractivity contribution in [3.05, 3.63) is 22.3 Å². The maximum absolute atomic E-state index is 6.05. The number of piperidine rings is 1. The van der Waals surface area contributed by atoms with Gasteiger partial charge in [0.1, 0.15) is 11.1 Å². The van der Waals surface area contributed by atoms with Crippen LogP contribution in [0.1, 0.15) is 25.7 Å². The van der Waals surface area contributed by atoms with Gasteiger partial charge >= 0.3 is 0 Å². The third-order valence-electron chi connectivity index (χ3n) is 3.48. The Hall–Kier alpha value is -0.510. The number of fused-ring (bicyclic) bond motifs is 2. The van der Waals surface area contributed by atoms with E-state index in [4.69, 9.17) is 27.9 Å². The molecule has 0 saturated carbocycles. The molecule has 0 aromatic carbocycles. The van der Waals surface area contributed by atoms with Crippen LogP contribution in [-0.4, -0.2) is 23.2 Å². The van der Waals surface area contributed by atoms with Gasteiger partial charge in [-0.3, -0.25) is 0 Å². The third kappa shape index (κ3) is 2.51. The number of hydrogen-bond acceptors (Lipinski definition) is 3. The molecule has 5 heteroatoms. The molecular formula is C12H14Cl2N2O. The maximum atomic E-state index is 6.05. The molecular weight excluding hydrogens is 259 g/mol. The molecule has 0 radical (unpaired) electrons. The van der Waals surface area contributed by atoms with Crippen molar-refractivity contribution >= 4 is 23.2 Å². The molecule has 2 aliphatic rings. The Bertz CT molecular complexity index is 415. The first-order valence-electron chi connectivity index (χ1n) is 5.94. The summed E-state index contributed by atoms with van der Waals surface area (Å²) in [5.41, 5.74) is 0. The molecule has 0 aliphatic carbocycles. The summed E-state index contributed by atoms with van der Waals surface area (Å²) in [7, 11) is 0. The van der Waals surface area contributed by atoms with Crippen molar-refractivity contribution in [2.75, 3.05) is 0 Å². The van der Waals surface area contributed by atoms with Crippen molar-refractivity contribution in [3.63, 3.8) is 0 Å². The second-order valence-corrected chi connectivity index (χ2v) is 5.63. The Balaban J connectivity index is 1.70. The number of aromatic nitrogens is 1. The van der Waals surface area contributed by atoms with Crippen molar-refractivity contribution in [1.82, 2.24) is 10.3 Å². The van der Waals surface area contributed by atoms with E-state index >= 15 is 0 Å². The number of hydrogen-bond donors (Lipinski definition) is 1. The predicted octanol–water partition coefficient (Wildman–Crippen LogP) is 3.05. The van der Waals surface area contributed by atoms with E-state index in [9.17, 15) is 0 Å². The monoisotopic (exact) mass is 272 g/mol. The fourth-order valence-corrected chi connectivity index (χ4v) is 3.17. The zero-order valence-corrected chi connectivity index (χ0v) is 10.8. The molecule has 0 spiro atoms. The molecule has 2 bridgehead atoms. The first kappa shape index (κ1) is 11.6. The van der Waals surface area contributed by atoms with Gasteiger partial charge in [-0.05, 0) is 31.7 Å². The third-order valence-corrected chi connectivity index (χ3v) is 3.96. The molecule has 2 aliphatic heterocycles. The number of halogens is 2. The van der Waals surface area contributed by atoms with E-state index in [0.717, 1.165) is 12.8 Å². The van der Waals surface area contributed by atoms with Crippen molar-refractivity contribution in [2.45, 2.75) is 43.9 Å². The van der Waals surface area contributed by atoms with Crippen LogP contribution in [0, 0.1) is 0 Å². The summed E-state index contributed by atoms with van der Waals surface area (Å²) in [4.78, 5) is 4.14. The lowest BCUT2D eigenvalue weighted by molar-refractivity contribution is 0.132. The van der Waals surface area contributed by atoms with E-state index in [0.29, 0.717) is 28.0 Å². The van der Waals surface area contributed by atoms with Crippen LogP contribution in [0.2, 0.25) is 10.0 Å². The first-order valence-corrected chi connectivity index (χ1v) is 6.70. The Morgan fingerprint density at radius 2 is 1.94 bits per heavy atom. The van der Waals surface area contributed by atoms with E-state index in [1.807, 2.05) is 0 Å². The standard InChI is InChI=1S/C12H14Cl2N2O/c13-7-3-11(14)12(15-6-7)17-10-4-8-1-2-9(5-10)16-8/h3,6,8-10,16H,1-2,4-5H2. The minimum absolute atomic E-state index is 0.222. The van der Waals surface area contributed by atoms with Crippen LogP contribution in [0.15, 0.2) is 12.3 Å². The molecule has 1 aromatic rings. The molecule has 17 heavy (non-hydrogen) atoms. The number of nitrogens with zero attached hydrogens (tertiary/aromatic N) is 1. The van der Waals surface area contributed by atoms with Crippen molar-refractivity contribution in [2.24, 2.45) is 0 Å². The molecule has 2 unspecified atom stereocenters. The molecule has 2 saturated heterocycles. The fourth-order valence-electron chi connectivity index (χ4n) is 2.75. The van der Waals surface area contributed by atoms with Crippen LogP contribution < -0.4 is 10.1 Å². The Morgan fingerprint density at radius 1 is 1.24 bits per heavy atom. The summed E-state index contributed by atoms with van der Waals surface area (Å²) in [5.74, 6) is 0.502. The molecule has 2 atom stereocenters. The second kappa shape index (κ2) is 4.63. The summed E-state index contributed by atoms with van der Waals surface area (Å²) in [6.45, 7) is 0. The van der Waals surface area contributed by atoms with E-state index in [-0.39, 0.29) is 6.10 Å². The van der Waals surface area contributed by atoms with Gasteiger partial charge in [-0.2, -0.15) is 0 Å². The molecule has 3 nitrogen and oxygen atoms in total. The van der Waals surface area contributed by atoms with Crippen LogP contribution in [0.25, 0.3) is 0 Å². The van der Waals surface area contributed by atoms with E-state index in [1.165, 1.54) is 12.8 Å². The van der Waals surface area contributed by atoms with Gasteiger partial charge in [-0.25, -0.2) is 4.98 Å². The Kier molecular flexibility index (Phi) is 3.16. The summed E-state index contributed by atoms with van der Waals surface area (Å²) in [5, 5.41) is 4.60. The van der Waals surface area contributed by atoms with Crippen molar-refractivity contribution in [3.8, 4) is 5.88 Å². The van der Waals surface area contributed by atoms with Crippen molar-refractivity contribution in [1.29, 1.82) is 0 Å². The smallest absolute Gasteiger partial charge is 0.232 e. The van der Waals surface area contributed by atoms with Crippen LogP contribution in [0.3, 0.4) is 0 Å². The maximum Gasteiger partial charge on any atom is 0.232 e. The quantitative estimate of drug-likeness (QED) is 0.899. The van der Waals surface area contributed by atoms with Crippen LogP contribution in [-0.2, 0) is 0 Å². The zero-order valence-electron chi connectivity index (χ0n) is 9.33. The van der Waals surface area contributed by atoms with Gasteiger partial charge in [-0.15, -0.1) is 0 Å². The number of rotatable bonds is 2. The highest BCUT2D eigenvalue weighted by Gasteiger charge is 2.34. The lowest BCUT2D eigenvalue weighted by atomic mass is 10.0. The van der Waals surface area contributed by atoms with E-state index < -0.39 is 0 Å². The van der Waals surface area contributed by atoms with Gasteiger partial charge in [0.15, 0.2) is 0 Å². The molecule has 2 fully saturated rings. The van der Waals surface area contributed by atoms with E-state index in [2.05, 4.69) is 10.3 Å². The lowest BCUT2D eigenvalue weighted by Gasteiger charge is -2.29. The summed E-state index contributed by atoms with van der Waals surface area (Å²) in [6, 6.07) is 2.87. The zero-order chi connectivity index (χ0) is 11.8. The highest BCUT2D eigenvalue weighted by molar-refractivity contribution is 6.35. The lowest BCUT2D eigenvalue weighted by Crippen LogP contribution is -2.42. The minimum atomic E-state index is 0.222. The predicted molar refractivity (Wildman–Crippen MR) is 67.9 cm³/mol. The molecule has 3 heterocycles. The number of ether oxygens (including phenoxy) is 1. The van der Waals surface area contributed by atoms with Crippen LogP contribution in [0.4, 0.5) is 0 Å². The highest BCUT2D eigenvalue weighted by Crippen LogP contribution is 2.32. The normalized spacial score (nSPS) is 31.5.